The van der Waals surface area contributed by atoms with Crippen LogP contribution in [0.4, 0.5) is 0 Å². The number of esters is 1. The summed E-state index contributed by atoms with van der Waals surface area (Å²) in [7, 11) is 0. The number of nitrogens with zero attached hydrogens (tertiary/aromatic N) is 3. The van der Waals surface area contributed by atoms with Gasteiger partial charge in [-0.25, -0.2) is 9.97 Å². The predicted molar refractivity (Wildman–Crippen MR) is 163 cm³/mol. The van der Waals surface area contributed by atoms with Gasteiger partial charge < -0.3 is 4.74 Å². The van der Waals surface area contributed by atoms with Crippen LogP contribution in [0.2, 0.25) is 0 Å². The number of rotatable bonds is 18. The Balaban J connectivity index is 1.39. The third-order valence-corrected chi connectivity index (χ3v) is 8.63. The lowest BCUT2D eigenvalue weighted by Crippen LogP contribution is -2.31. The number of aryl methyl sites for hydroxylation is 1. The Labute approximate surface area is 243 Å². The first kappa shape index (κ1) is 31.8. The lowest BCUT2D eigenvalue weighted by Gasteiger charge is -2.34. The van der Waals surface area contributed by atoms with Gasteiger partial charge in [-0.1, -0.05) is 90.9 Å². The number of ether oxygens (including phenoxy) is 1. The summed E-state index contributed by atoms with van der Waals surface area (Å²) in [6.07, 6.45) is 25.4. The van der Waals surface area contributed by atoms with Crippen molar-refractivity contribution in [1.29, 1.82) is 5.26 Å². The molecule has 1 aromatic carbocycles. The summed E-state index contributed by atoms with van der Waals surface area (Å²) in [6, 6.07) is 10.1. The third kappa shape index (κ3) is 10.7. The first-order chi connectivity index (χ1) is 19.6. The topological polar surface area (TPSA) is 75.9 Å². The molecule has 0 N–H and O–H groups in total. The van der Waals surface area contributed by atoms with E-state index in [0.717, 1.165) is 50.5 Å². The van der Waals surface area contributed by atoms with E-state index in [1.54, 1.807) is 0 Å². The molecular weight excluding hydrogens is 494 g/mol. The number of carbonyl (C=O) groups excluding carboxylic acids is 1. The number of benzene rings is 1. The van der Waals surface area contributed by atoms with E-state index < -0.39 is 0 Å². The highest BCUT2D eigenvalue weighted by molar-refractivity contribution is 5.75. The molecule has 1 aromatic heterocycles. The highest BCUT2D eigenvalue weighted by atomic mass is 16.5. The zero-order valence-corrected chi connectivity index (χ0v) is 25.1. The molecule has 218 valence electrons. The first-order valence-electron chi connectivity index (χ1n) is 16.1. The minimum Gasteiger partial charge on any atom is -0.426 e. The van der Waals surface area contributed by atoms with Crippen molar-refractivity contribution in [2.45, 2.75) is 136 Å². The molecule has 3 rings (SSSR count). The number of nitriles is 1. The summed E-state index contributed by atoms with van der Waals surface area (Å²) in [6.45, 7) is 4.49. The van der Waals surface area contributed by atoms with Gasteiger partial charge in [0.05, 0.1) is 17.4 Å². The molecule has 0 spiro atoms. The second-order valence-electron chi connectivity index (χ2n) is 11.9. The standard InChI is InChI=1S/C35H51N3O2/c1-3-5-7-9-11-13-15-23-35(28-36)24-21-31(22-25-35)34(39)40-32-19-17-30(18-20-32)33-37-26-29(27-38-33)16-14-12-10-8-6-4-2/h17-20,26-27,31H,3-16,21-25H2,1-2H3. The van der Waals surface area contributed by atoms with E-state index in [4.69, 9.17) is 4.74 Å². The highest BCUT2D eigenvalue weighted by Gasteiger charge is 2.38. The largest absolute Gasteiger partial charge is 0.426 e. The number of aromatic nitrogens is 2. The Morgan fingerprint density at radius 3 is 1.98 bits per heavy atom. The van der Waals surface area contributed by atoms with Crippen molar-refractivity contribution in [2.24, 2.45) is 11.3 Å². The average Bonchev–Trinajstić information content (AvgIpc) is 2.99. The SMILES string of the molecule is CCCCCCCCCC1(C#N)CCC(C(=O)Oc2ccc(-c3ncc(CCCCCCCC)cn3)cc2)CC1. The van der Waals surface area contributed by atoms with Crippen molar-refractivity contribution in [2.75, 3.05) is 0 Å². The van der Waals surface area contributed by atoms with Crippen LogP contribution in [0.1, 0.15) is 135 Å². The van der Waals surface area contributed by atoms with Crippen LogP contribution in [0.5, 0.6) is 5.75 Å². The van der Waals surface area contributed by atoms with E-state index in [-0.39, 0.29) is 17.3 Å². The Hall–Kier alpha value is -2.74. The first-order valence-corrected chi connectivity index (χ1v) is 16.1. The van der Waals surface area contributed by atoms with Crippen LogP contribution >= 0.6 is 0 Å². The van der Waals surface area contributed by atoms with Crippen molar-refractivity contribution in [3.8, 4) is 23.2 Å². The molecule has 40 heavy (non-hydrogen) atoms. The molecule has 2 aromatic rings. The van der Waals surface area contributed by atoms with E-state index in [1.165, 1.54) is 82.6 Å². The summed E-state index contributed by atoms with van der Waals surface area (Å²) in [5.74, 6) is 0.933. The molecule has 1 aliphatic carbocycles. The zero-order chi connectivity index (χ0) is 28.5. The molecule has 1 fully saturated rings. The maximum absolute atomic E-state index is 12.9. The maximum atomic E-state index is 12.9. The molecule has 0 radical (unpaired) electrons. The molecule has 0 unspecified atom stereocenters. The van der Waals surface area contributed by atoms with Gasteiger partial charge in [-0.05, 0) is 74.8 Å². The zero-order valence-electron chi connectivity index (χ0n) is 25.1. The minimum absolute atomic E-state index is 0.127. The van der Waals surface area contributed by atoms with Gasteiger partial charge in [0, 0.05) is 18.0 Å². The van der Waals surface area contributed by atoms with Crippen LogP contribution in [0.25, 0.3) is 11.4 Å². The van der Waals surface area contributed by atoms with Crippen molar-refractivity contribution in [3.63, 3.8) is 0 Å². The van der Waals surface area contributed by atoms with Gasteiger partial charge in [0.2, 0.25) is 0 Å². The van der Waals surface area contributed by atoms with Crippen LogP contribution in [-0.4, -0.2) is 15.9 Å². The Bertz CT molecular complexity index is 1020. The Morgan fingerprint density at radius 2 is 1.40 bits per heavy atom. The molecule has 0 saturated heterocycles. The van der Waals surface area contributed by atoms with E-state index >= 15 is 0 Å². The van der Waals surface area contributed by atoms with Crippen molar-refractivity contribution < 1.29 is 9.53 Å². The van der Waals surface area contributed by atoms with Crippen LogP contribution in [-0.2, 0) is 11.2 Å². The predicted octanol–water partition coefficient (Wildman–Crippen LogP) is 9.79. The summed E-state index contributed by atoms with van der Waals surface area (Å²) < 4.78 is 5.73. The fourth-order valence-electron chi connectivity index (χ4n) is 5.86. The third-order valence-electron chi connectivity index (χ3n) is 8.63. The van der Waals surface area contributed by atoms with Gasteiger partial charge in [0.25, 0.3) is 0 Å². The molecule has 1 aliphatic rings. The molecule has 0 bridgehead atoms. The quantitative estimate of drug-likeness (QED) is 0.106. The lowest BCUT2D eigenvalue weighted by atomic mass is 9.69. The van der Waals surface area contributed by atoms with Gasteiger partial charge in [0.15, 0.2) is 5.82 Å². The monoisotopic (exact) mass is 545 g/mol. The summed E-state index contributed by atoms with van der Waals surface area (Å²) in [5.41, 5.74) is 1.83. The van der Waals surface area contributed by atoms with Crippen LogP contribution in [0.15, 0.2) is 36.7 Å². The molecule has 0 aliphatic heterocycles. The van der Waals surface area contributed by atoms with E-state index in [2.05, 4.69) is 29.9 Å². The van der Waals surface area contributed by atoms with Crippen LogP contribution < -0.4 is 4.74 Å². The van der Waals surface area contributed by atoms with E-state index in [1.807, 2.05) is 36.7 Å². The van der Waals surface area contributed by atoms with Crippen LogP contribution in [0, 0.1) is 22.7 Å². The van der Waals surface area contributed by atoms with E-state index in [9.17, 15) is 10.1 Å². The minimum atomic E-state index is -0.258. The van der Waals surface area contributed by atoms with Gasteiger partial charge in [-0.15, -0.1) is 0 Å². The number of carbonyl (C=O) groups is 1. The fraction of sp³-hybridized carbons (Fsp3) is 0.657. The van der Waals surface area contributed by atoms with Gasteiger partial charge in [-0.3, -0.25) is 4.79 Å². The van der Waals surface area contributed by atoms with Crippen LogP contribution in [0.3, 0.4) is 0 Å². The Morgan fingerprint density at radius 1 is 0.850 bits per heavy atom. The molecule has 5 heteroatoms. The van der Waals surface area contributed by atoms with Crippen molar-refractivity contribution >= 4 is 5.97 Å². The number of unbranched alkanes of at least 4 members (excludes halogenated alkanes) is 11. The lowest BCUT2D eigenvalue weighted by molar-refractivity contribution is -0.140. The smallest absolute Gasteiger partial charge is 0.314 e. The Kier molecular flexibility index (Phi) is 14.2. The summed E-state index contributed by atoms with van der Waals surface area (Å²) >= 11 is 0. The molecule has 5 nitrogen and oxygen atoms in total. The maximum Gasteiger partial charge on any atom is 0.314 e. The summed E-state index contributed by atoms with van der Waals surface area (Å²) in [5, 5.41) is 9.91. The van der Waals surface area contributed by atoms with Gasteiger partial charge in [0.1, 0.15) is 5.75 Å². The summed E-state index contributed by atoms with van der Waals surface area (Å²) in [4.78, 5) is 22.0. The van der Waals surface area contributed by atoms with Gasteiger partial charge in [-0.2, -0.15) is 5.26 Å². The number of hydrogen-bond acceptors (Lipinski definition) is 5. The number of hydrogen-bond donors (Lipinski definition) is 0. The van der Waals surface area contributed by atoms with E-state index in [0.29, 0.717) is 11.6 Å². The normalized spacial score (nSPS) is 18.8. The molecule has 1 heterocycles. The molecule has 0 atom stereocenters. The molecule has 0 amide bonds. The second kappa shape index (κ2) is 17.8. The highest BCUT2D eigenvalue weighted by Crippen LogP contribution is 2.43. The van der Waals surface area contributed by atoms with Gasteiger partial charge >= 0.3 is 5.97 Å². The average molecular weight is 546 g/mol. The fourth-order valence-corrected chi connectivity index (χ4v) is 5.86. The second-order valence-corrected chi connectivity index (χ2v) is 11.9. The molecular formula is C35H51N3O2. The van der Waals surface area contributed by atoms with Crippen molar-refractivity contribution in [3.05, 3.63) is 42.2 Å². The van der Waals surface area contributed by atoms with Crippen molar-refractivity contribution in [1.82, 2.24) is 9.97 Å². The molecule has 1 saturated carbocycles.